The molecule has 0 spiro atoms. The smallest absolute Gasteiger partial charge is 0.549 e. The average Bonchev–Trinajstić information content (AvgIpc) is 3.09. The molecular weight excluding hydrogens is 747 g/mol. The van der Waals surface area contributed by atoms with E-state index in [1.165, 1.54) is 107 Å². The second-order valence-corrected chi connectivity index (χ2v) is 15.8. The maximum Gasteiger partial charge on any atom is 1.00 e. The van der Waals surface area contributed by atoms with Gasteiger partial charge in [-0.05, 0) is 39.9 Å². The molecule has 0 saturated carbocycles. The summed E-state index contributed by atoms with van der Waals surface area (Å²) in [5.41, 5.74) is 0. The van der Waals surface area contributed by atoms with Crippen LogP contribution in [0.15, 0.2) is 0 Å². The van der Waals surface area contributed by atoms with E-state index in [4.69, 9.17) is 9.90 Å². The van der Waals surface area contributed by atoms with Crippen molar-refractivity contribution in [3.63, 3.8) is 0 Å². The van der Waals surface area contributed by atoms with Crippen molar-refractivity contribution < 1.29 is 73.0 Å². The number of alkyl halides is 1. The number of unbranched alkanes of at least 4 members (excludes halogenated alkanes) is 16. The Kier molecular flexibility index (Phi) is 45.4. The van der Waals surface area contributed by atoms with Gasteiger partial charge in [-0.1, -0.05) is 117 Å². The number of imide groups is 2. The fourth-order valence-electron chi connectivity index (χ4n) is 5.99. The van der Waals surface area contributed by atoms with Gasteiger partial charge < -0.3 is 29.2 Å². The number of carboxylic acid groups (broad SMARTS) is 2. The number of hydrogen-bond acceptors (Lipinski definition) is 9. The molecule has 324 valence electrons. The quantitative estimate of drug-likeness (QED) is 0.0444. The largest absolute Gasteiger partial charge is 1.00 e. The van der Waals surface area contributed by atoms with Crippen LogP contribution in [-0.2, 0) is 28.8 Å². The second kappa shape index (κ2) is 41.6. The van der Waals surface area contributed by atoms with Gasteiger partial charge in [0.15, 0.2) is 0 Å². The van der Waals surface area contributed by atoms with E-state index in [2.05, 4.69) is 30.3 Å². The molecule has 0 aromatic rings. The van der Waals surface area contributed by atoms with Gasteiger partial charge in [-0.3, -0.25) is 29.0 Å². The van der Waals surface area contributed by atoms with Crippen LogP contribution in [0.1, 0.15) is 169 Å². The van der Waals surface area contributed by atoms with E-state index in [-0.39, 0.29) is 64.2 Å². The predicted molar refractivity (Wildman–Crippen MR) is 219 cm³/mol. The molecule has 0 N–H and O–H groups in total. The maximum absolute atomic E-state index is 12.3. The number of rotatable bonds is 31. The number of halogens is 1. The molecule has 0 aliphatic rings. The zero-order valence-corrected chi connectivity index (χ0v) is 40.0. The van der Waals surface area contributed by atoms with Gasteiger partial charge >= 0.3 is 29.6 Å². The molecule has 0 aromatic heterocycles. The van der Waals surface area contributed by atoms with Crippen LogP contribution in [0.25, 0.3) is 0 Å². The van der Waals surface area contributed by atoms with Crippen molar-refractivity contribution >= 4 is 47.2 Å². The Bertz CT molecular complexity index is 1030. The van der Waals surface area contributed by atoms with Crippen molar-refractivity contribution in [2.24, 2.45) is 0 Å². The van der Waals surface area contributed by atoms with E-state index < -0.39 is 17.8 Å². The fourth-order valence-corrected chi connectivity index (χ4v) is 5.99. The van der Waals surface area contributed by atoms with E-state index in [0.717, 1.165) is 45.1 Å². The molecule has 0 unspecified atom stereocenters. The van der Waals surface area contributed by atoms with Gasteiger partial charge in [-0.15, -0.1) is 11.6 Å². The number of amides is 4. The SMILES string of the molecule is CCCCCCCCCCCC(=O)N(CCCN(C)C)C(C)=O.CCCCCCCCCCCC(=O)N(CCC[N+](C)(C)CC(=O)[O-])C(C)=O.O=C([O-])CCl.[Na+]. The molecule has 4 amide bonds. The summed E-state index contributed by atoms with van der Waals surface area (Å²) in [7, 11) is 7.61. The molecule has 0 aliphatic heterocycles. The third kappa shape index (κ3) is 43.6. The average molecular weight is 828 g/mol. The molecule has 0 aliphatic carbocycles. The van der Waals surface area contributed by atoms with Crippen LogP contribution in [-0.4, -0.2) is 122 Å². The monoisotopic (exact) mass is 827 g/mol. The van der Waals surface area contributed by atoms with Crippen LogP contribution in [0, 0.1) is 0 Å². The van der Waals surface area contributed by atoms with E-state index >= 15 is 0 Å². The summed E-state index contributed by atoms with van der Waals surface area (Å²) in [4.78, 5) is 72.5. The first-order valence-electron chi connectivity index (χ1n) is 21.0. The summed E-state index contributed by atoms with van der Waals surface area (Å²) in [6, 6.07) is 0. The van der Waals surface area contributed by atoms with E-state index in [1.54, 1.807) is 14.1 Å². The molecule has 0 atom stereocenters. The molecule has 0 saturated heterocycles. The molecule has 12 nitrogen and oxygen atoms in total. The number of quaternary nitrogens is 1. The van der Waals surface area contributed by atoms with Crippen molar-refractivity contribution in [2.75, 3.05) is 66.8 Å². The number of carboxylic acids is 2. The molecule has 0 bridgehead atoms. The molecular formula is C42H80ClN4NaO8. The third-order valence-corrected chi connectivity index (χ3v) is 9.37. The zero-order valence-electron chi connectivity index (χ0n) is 37.2. The number of nitrogens with zero attached hydrogens (tertiary/aromatic N) is 4. The van der Waals surface area contributed by atoms with Crippen molar-refractivity contribution in [2.45, 2.75) is 169 Å². The topological polar surface area (TPSA) is 158 Å². The summed E-state index contributed by atoms with van der Waals surface area (Å²) < 4.78 is 0.278. The number of likely N-dealkylation sites (N-methyl/N-ethyl adjacent to an activating group) is 1. The maximum atomic E-state index is 12.3. The summed E-state index contributed by atoms with van der Waals surface area (Å²) in [5.74, 6) is -3.21. The molecule has 56 heavy (non-hydrogen) atoms. The van der Waals surface area contributed by atoms with Crippen LogP contribution in [0.4, 0.5) is 0 Å². The van der Waals surface area contributed by atoms with Gasteiger partial charge in [-0.25, -0.2) is 0 Å². The fraction of sp³-hybridized carbons (Fsp3) is 0.857. The Morgan fingerprint density at radius 1 is 0.518 bits per heavy atom. The van der Waals surface area contributed by atoms with Crippen LogP contribution < -0.4 is 39.8 Å². The minimum absolute atomic E-state index is 0. The Balaban J connectivity index is -0.000000427. The van der Waals surface area contributed by atoms with Gasteiger partial charge in [0.05, 0.1) is 38.5 Å². The number of hydrogen-bond donors (Lipinski definition) is 0. The van der Waals surface area contributed by atoms with Crippen molar-refractivity contribution in [3.05, 3.63) is 0 Å². The number of aliphatic carboxylic acids is 2. The summed E-state index contributed by atoms with van der Waals surface area (Å²) in [6.07, 6.45) is 24.2. The first-order valence-corrected chi connectivity index (χ1v) is 21.5. The Labute approximate surface area is 368 Å². The molecule has 0 rings (SSSR count). The molecule has 0 radical (unpaired) electrons. The van der Waals surface area contributed by atoms with Gasteiger partial charge in [0.1, 0.15) is 6.54 Å². The number of carbonyl (C=O) groups excluding carboxylic acids is 6. The minimum atomic E-state index is -1.23. The third-order valence-electron chi connectivity index (χ3n) is 9.15. The van der Waals surface area contributed by atoms with Crippen LogP contribution in [0.3, 0.4) is 0 Å². The van der Waals surface area contributed by atoms with Gasteiger partial charge in [-0.2, -0.15) is 0 Å². The van der Waals surface area contributed by atoms with Gasteiger partial charge in [0.2, 0.25) is 23.6 Å². The minimum Gasteiger partial charge on any atom is -0.549 e. The van der Waals surface area contributed by atoms with E-state index in [0.29, 0.717) is 38.9 Å². The van der Waals surface area contributed by atoms with Crippen LogP contribution in [0.5, 0.6) is 0 Å². The number of carbonyl (C=O) groups is 6. The molecule has 0 heterocycles. The Morgan fingerprint density at radius 3 is 1.12 bits per heavy atom. The predicted octanol–water partition coefficient (Wildman–Crippen LogP) is 2.71. The van der Waals surface area contributed by atoms with E-state index in [1.807, 2.05) is 14.1 Å². The van der Waals surface area contributed by atoms with Gasteiger partial charge in [0, 0.05) is 46.2 Å². The Morgan fingerprint density at radius 2 is 0.839 bits per heavy atom. The Hall–Kier alpha value is -1.57. The van der Waals surface area contributed by atoms with Crippen LogP contribution in [0.2, 0.25) is 0 Å². The summed E-state index contributed by atoms with van der Waals surface area (Å²) in [6.45, 7) is 9.64. The van der Waals surface area contributed by atoms with Crippen molar-refractivity contribution in [1.29, 1.82) is 0 Å². The standard InChI is InChI=1S/C21H40N2O4.C19H38N2O2.C2H3ClO2.Na/c1-5-6-7-8-9-10-11-12-13-15-20(25)22(19(2)24)16-14-17-23(3,4)18-21(26)27;1-5-6-7-8-9-10-11-12-13-15-19(23)21(18(2)22)17-14-16-20(3)4;3-1-2(4)5;/h5-18H2,1-4H3;5-17H2,1-4H3;1H2,(H,4,5);/q;;;+1/p-1. The van der Waals surface area contributed by atoms with Crippen LogP contribution >= 0.6 is 11.6 Å². The molecule has 14 heteroatoms. The summed E-state index contributed by atoms with van der Waals surface area (Å²) in [5, 5.41) is 19.9. The summed E-state index contributed by atoms with van der Waals surface area (Å²) >= 11 is 4.67. The molecule has 0 aromatic carbocycles. The normalized spacial score (nSPS) is 10.7. The second-order valence-electron chi connectivity index (χ2n) is 15.5. The van der Waals surface area contributed by atoms with Gasteiger partial charge in [0.25, 0.3) is 0 Å². The zero-order chi connectivity index (χ0) is 42.5. The van der Waals surface area contributed by atoms with E-state index in [9.17, 15) is 29.1 Å². The van der Waals surface area contributed by atoms with Crippen molar-refractivity contribution in [1.82, 2.24) is 14.7 Å². The van der Waals surface area contributed by atoms with Crippen molar-refractivity contribution in [3.8, 4) is 0 Å². The first-order chi connectivity index (χ1) is 25.9. The first kappa shape index (κ1) is 61.1. The molecule has 0 fully saturated rings.